The number of halogens is 1. The van der Waals surface area contributed by atoms with Crippen LogP contribution in [-0.2, 0) is 13.6 Å². The summed E-state index contributed by atoms with van der Waals surface area (Å²) in [5, 5.41) is 7.47. The number of aromatic nitrogens is 3. The number of rotatable bonds is 3. The van der Waals surface area contributed by atoms with Gasteiger partial charge >= 0.3 is 0 Å². The topological polar surface area (TPSA) is 51.9 Å². The lowest BCUT2D eigenvalue weighted by Gasteiger charge is -2.08. The first-order valence-corrected chi connectivity index (χ1v) is 6.38. The van der Waals surface area contributed by atoms with Gasteiger partial charge in [0.1, 0.15) is 5.82 Å². The fourth-order valence-electron chi connectivity index (χ4n) is 2.00. The molecule has 2 aromatic rings. The first-order chi connectivity index (χ1) is 8.52. The van der Waals surface area contributed by atoms with Gasteiger partial charge in [0.25, 0.3) is 5.56 Å². The lowest BCUT2D eigenvalue weighted by atomic mass is 10.2. The average molecular weight is 311 g/mol. The van der Waals surface area contributed by atoms with Crippen LogP contribution < -0.4 is 10.9 Å². The molecule has 96 valence electrons. The van der Waals surface area contributed by atoms with Crippen LogP contribution in [0.5, 0.6) is 0 Å². The summed E-state index contributed by atoms with van der Waals surface area (Å²) in [6, 6.07) is 3.29. The summed E-state index contributed by atoms with van der Waals surface area (Å²) in [7, 11) is 3.73. The normalized spacial score (nSPS) is 10.7. The molecule has 0 fully saturated rings. The van der Waals surface area contributed by atoms with Gasteiger partial charge in [0, 0.05) is 36.4 Å². The predicted octanol–water partition coefficient (Wildman–Crippen LogP) is 1.74. The van der Waals surface area contributed by atoms with E-state index in [0.29, 0.717) is 6.54 Å². The van der Waals surface area contributed by atoms with E-state index < -0.39 is 0 Å². The van der Waals surface area contributed by atoms with Gasteiger partial charge in [0.05, 0.1) is 12.2 Å². The monoisotopic (exact) mass is 310 g/mol. The van der Waals surface area contributed by atoms with Crippen LogP contribution in [0, 0.1) is 6.92 Å². The third kappa shape index (κ3) is 2.33. The molecule has 0 unspecified atom stereocenters. The van der Waals surface area contributed by atoms with E-state index in [1.54, 1.807) is 27.6 Å². The second-order valence-electron chi connectivity index (χ2n) is 4.10. The number of pyridine rings is 1. The van der Waals surface area contributed by atoms with Gasteiger partial charge in [-0.15, -0.1) is 0 Å². The first kappa shape index (κ1) is 12.9. The lowest BCUT2D eigenvalue weighted by molar-refractivity contribution is 0.752. The quantitative estimate of drug-likeness (QED) is 0.939. The van der Waals surface area contributed by atoms with Gasteiger partial charge in [-0.2, -0.15) is 5.10 Å². The molecule has 0 amide bonds. The molecule has 0 spiro atoms. The summed E-state index contributed by atoms with van der Waals surface area (Å²) in [6.45, 7) is 2.45. The maximum absolute atomic E-state index is 11.8. The van der Waals surface area contributed by atoms with E-state index in [4.69, 9.17) is 0 Å². The van der Waals surface area contributed by atoms with Crippen molar-refractivity contribution < 1.29 is 0 Å². The van der Waals surface area contributed by atoms with E-state index >= 15 is 0 Å². The summed E-state index contributed by atoms with van der Waals surface area (Å²) in [5.74, 6) is 0.930. The van der Waals surface area contributed by atoms with Crippen LogP contribution in [-0.4, -0.2) is 21.4 Å². The predicted molar refractivity (Wildman–Crippen MR) is 75.0 cm³/mol. The van der Waals surface area contributed by atoms with Gasteiger partial charge in [-0.25, -0.2) is 0 Å². The SMILES string of the molecule is CNc1c(Cn2cc(Br)ccc2=O)c(C)nn1C. The highest BCUT2D eigenvalue weighted by Gasteiger charge is 2.12. The Hall–Kier alpha value is -1.56. The highest BCUT2D eigenvalue weighted by molar-refractivity contribution is 9.10. The van der Waals surface area contributed by atoms with Gasteiger partial charge in [0.15, 0.2) is 0 Å². The highest BCUT2D eigenvalue weighted by atomic mass is 79.9. The van der Waals surface area contributed by atoms with Crippen LogP contribution in [0.2, 0.25) is 0 Å². The van der Waals surface area contributed by atoms with E-state index in [-0.39, 0.29) is 5.56 Å². The van der Waals surface area contributed by atoms with Crippen molar-refractivity contribution in [3.63, 3.8) is 0 Å². The molecular formula is C12H15BrN4O. The van der Waals surface area contributed by atoms with Gasteiger partial charge in [-0.1, -0.05) is 0 Å². The van der Waals surface area contributed by atoms with Crippen LogP contribution in [0.25, 0.3) is 0 Å². The maximum Gasteiger partial charge on any atom is 0.250 e. The molecule has 0 aromatic carbocycles. The minimum absolute atomic E-state index is 0.0245. The molecule has 0 radical (unpaired) electrons. The van der Waals surface area contributed by atoms with Gasteiger partial charge in [-0.3, -0.25) is 9.48 Å². The molecule has 0 aliphatic heterocycles. The molecule has 0 saturated carbocycles. The lowest BCUT2D eigenvalue weighted by Crippen LogP contribution is -2.19. The standard InChI is InChI=1S/C12H15BrN4O/c1-8-10(12(14-2)16(3)15-8)7-17-6-9(13)4-5-11(17)18/h4-6,14H,7H2,1-3H3. The van der Waals surface area contributed by atoms with Crippen LogP contribution in [0.15, 0.2) is 27.6 Å². The molecule has 0 aliphatic carbocycles. The maximum atomic E-state index is 11.8. The Labute approximate surface area is 114 Å². The fourth-order valence-corrected chi connectivity index (χ4v) is 2.38. The van der Waals surface area contributed by atoms with E-state index in [0.717, 1.165) is 21.5 Å². The zero-order valence-corrected chi connectivity index (χ0v) is 12.2. The van der Waals surface area contributed by atoms with Crippen LogP contribution in [0.3, 0.4) is 0 Å². The van der Waals surface area contributed by atoms with Gasteiger partial charge in [0.2, 0.25) is 0 Å². The number of aryl methyl sites for hydroxylation is 2. The van der Waals surface area contributed by atoms with Crippen LogP contribution in [0.1, 0.15) is 11.3 Å². The number of hydrogen-bond donors (Lipinski definition) is 1. The third-order valence-corrected chi connectivity index (χ3v) is 3.33. The second-order valence-corrected chi connectivity index (χ2v) is 5.02. The molecule has 0 saturated heterocycles. The highest BCUT2D eigenvalue weighted by Crippen LogP contribution is 2.19. The van der Waals surface area contributed by atoms with Gasteiger partial charge in [-0.05, 0) is 28.9 Å². The Morgan fingerprint density at radius 2 is 2.17 bits per heavy atom. The van der Waals surface area contributed by atoms with Crippen molar-refractivity contribution in [3.8, 4) is 0 Å². The molecule has 1 N–H and O–H groups in total. The summed E-state index contributed by atoms with van der Waals surface area (Å²) in [4.78, 5) is 11.8. The Morgan fingerprint density at radius 1 is 1.44 bits per heavy atom. The molecule has 2 heterocycles. The van der Waals surface area contributed by atoms with Crippen LogP contribution >= 0.6 is 15.9 Å². The van der Waals surface area contributed by atoms with E-state index in [1.165, 1.54) is 0 Å². The Bertz CT molecular complexity index is 629. The Kier molecular flexibility index (Phi) is 3.56. The van der Waals surface area contributed by atoms with Crippen molar-refractivity contribution in [2.45, 2.75) is 13.5 Å². The molecular weight excluding hydrogens is 296 g/mol. The average Bonchev–Trinajstić information content (AvgIpc) is 2.58. The summed E-state index contributed by atoms with van der Waals surface area (Å²) >= 11 is 3.37. The number of hydrogen-bond acceptors (Lipinski definition) is 3. The zero-order chi connectivity index (χ0) is 13.3. The number of nitrogens with one attached hydrogen (secondary N) is 1. The third-order valence-electron chi connectivity index (χ3n) is 2.86. The van der Waals surface area contributed by atoms with Crippen molar-refractivity contribution >= 4 is 21.7 Å². The molecule has 0 bridgehead atoms. The van der Waals surface area contributed by atoms with Crippen molar-refractivity contribution in [2.24, 2.45) is 7.05 Å². The minimum Gasteiger partial charge on any atom is -0.373 e. The largest absolute Gasteiger partial charge is 0.373 e. The molecule has 0 aliphatic rings. The van der Waals surface area contributed by atoms with Crippen molar-refractivity contribution in [3.05, 3.63) is 44.4 Å². The smallest absolute Gasteiger partial charge is 0.250 e. The van der Waals surface area contributed by atoms with Crippen molar-refractivity contribution in [2.75, 3.05) is 12.4 Å². The molecule has 6 heteroatoms. The summed E-state index contributed by atoms with van der Waals surface area (Å²) in [5.41, 5.74) is 1.93. The number of nitrogens with zero attached hydrogens (tertiary/aromatic N) is 3. The van der Waals surface area contributed by atoms with Crippen molar-refractivity contribution in [1.29, 1.82) is 0 Å². The molecule has 0 atom stereocenters. The zero-order valence-electron chi connectivity index (χ0n) is 10.6. The van der Waals surface area contributed by atoms with Crippen molar-refractivity contribution in [1.82, 2.24) is 14.3 Å². The molecule has 5 nitrogen and oxygen atoms in total. The summed E-state index contributed by atoms with van der Waals surface area (Å²) in [6.07, 6.45) is 1.79. The Balaban J connectivity index is 2.46. The fraction of sp³-hybridized carbons (Fsp3) is 0.333. The van der Waals surface area contributed by atoms with Crippen LogP contribution in [0.4, 0.5) is 5.82 Å². The molecule has 2 aromatic heterocycles. The number of anilines is 1. The van der Waals surface area contributed by atoms with E-state index in [2.05, 4.69) is 26.3 Å². The minimum atomic E-state index is -0.0245. The Morgan fingerprint density at radius 3 is 2.83 bits per heavy atom. The first-order valence-electron chi connectivity index (χ1n) is 5.59. The molecule has 18 heavy (non-hydrogen) atoms. The van der Waals surface area contributed by atoms with Gasteiger partial charge < -0.3 is 9.88 Å². The van der Waals surface area contributed by atoms with E-state index in [1.807, 2.05) is 21.0 Å². The summed E-state index contributed by atoms with van der Waals surface area (Å²) < 4.78 is 4.33. The second kappa shape index (κ2) is 4.97. The molecule has 2 rings (SSSR count). The van der Waals surface area contributed by atoms with E-state index in [9.17, 15) is 4.79 Å².